The molecular weight excluding hydrogens is 328 g/mol. The van der Waals surface area contributed by atoms with Gasteiger partial charge in [0.15, 0.2) is 4.34 Å². The monoisotopic (exact) mass is 342 g/mol. The standard InChI is InChI=1S/C17H14N2O2S2/c1-22-17-18-11-5-4-10(7-12(11)23-17)19-15(20)13-8-2-3-9(6-8)14(13)16(19)21/h2-5,7-9,13-14H,6H2,1H3/t8-,9+,13-,14-/m0/s1. The summed E-state index contributed by atoms with van der Waals surface area (Å²) in [6.45, 7) is 0. The predicted molar refractivity (Wildman–Crippen MR) is 91.6 cm³/mol. The third-order valence-electron chi connectivity index (χ3n) is 5.26. The molecule has 0 spiro atoms. The number of thiazole rings is 1. The number of carbonyl (C=O) groups is 2. The molecule has 0 radical (unpaired) electrons. The molecule has 6 heteroatoms. The largest absolute Gasteiger partial charge is 0.274 e. The number of allylic oxidation sites excluding steroid dienone is 2. The van der Waals surface area contributed by atoms with Crippen LogP contribution in [0.2, 0.25) is 0 Å². The maximum Gasteiger partial charge on any atom is 0.238 e. The van der Waals surface area contributed by atoms with Gasteiger partial charge in [-0.3, -0.25) is 9.59 Å². The molecule has 1 aliphatic heterocycles. The first-order valence-electron chi connectivity index (χ1n) is 7.68. The Morgan fingerprint density at radius 2 is 1.87 bits per heavy atom. The number of anilines is 1. The van der Waals surface area contributed by atoms with Crippen molar-refractivity contribution in [3.8, 4) is 0 Å². The van der Waals surface area contributed by atoms with E-state index in [2.05, 4.69) is 17.1 Å². The lowest BCUT2D eigenvalue weighted by molar-refractivity contribution is -0.123. The van der Waals surface area contributed by atoms with Crippen LogP contribution >= 0.6 is 23.1 Å². The fourth-order valence-electron chi connectivity index (χ4n) is 4.28. The summed E-state index contributed by atoms with van der Waals surface area (Å²) in [4.78, 5) is 31.6. The molecule has 23 heavy (non-hydrogen) atoms. The average Bonchev–Trinajstić information content (AvgIpc) is 3.29. The molecule has 2 amide bonds. The molecule has 4 atom stereocenters. The van der Waals surface area contributed by atoms with Crippen molar-refractivity contribution in [1.29, 1.82) is 0 Å². The maximum atomic E-state index is 12.8. The summed E-state index contributed by atoms with van der Waals surface area (Å²) in [7, 11) is 0. The highest BCUT2D eigenvalue weighted by molar-refractivity contribution is 8.00. The van der Waals surface area contributed by atoms with Crippen molar-refractivity contribution in [2.75, 3.05) is 11.2 Å². The number of aromatic nitrogens is 1. The van der Waals surface area contributed by atoms with Gasteiger partial charge < -0.3 is 0 Å². The molecule has 1 saturated carbocycles. The maximum absolute atomic E-state index is 12.8. The molecule has 0 N–H and O–H groups in total. The minimum Gasteiger partial charge on any atom is -0.274 e. The first-order chi connectivity index (χ1) is 11.2. The van der Waals surface area contributed by atoms with Gasteiger partial charge in [-0.25, -0.2) is 9.88 Å². The van der Waals surface area contributed by atoms with E-state index in [-0.39, 0.29) is 35.5 Å². The van der Waals surface area contributed by atoms with E-state index in [0.29, 0.717) is 5.69 Å². The molecule has 2 heterocycles. The smallest absolute Gasteiger partial charge is 0.238 e. The predicted octanol–water partition coefficient (Wildman–Crippen LogP) is 3.33. The van der Waals surface area contributed by atoms with E-state index in [9.17, 15) is 9.59 Å². The van der Waals surface area contributed by atoms with Gasteiger partial charge >= 0.3 is 0 Å². The number of benzene rings is 1. The highest BCUT2D eigenvalue weighted by Crippen LogP contribution is 2.53. The van der Waals surface area contributed by atoms with Crippen LogP contribution in [0.3, 0.4) is 0 Å². The zero-order chi connectivity index (χ0) is 15.7. The van der Waals surface area contributed by atoms with Gasteiger partial charge in [-0.05, 0) is 42.7 Å². The van der Waals surface area contributed by atoms with E-state index in [1.807, 2.05) is 24.5 Å². The van der Waals surface area contributed by atoms with Gasteiger partial charge in [0, 0.05) is 0 Å². The zero-order valence-corrected chi connectivity index (χ0v) is 14.1. The summed E-state index contributed by atoms with van der Waals surface area (Å²) < 4.78 is 2.01. The third kappa shape index (κ3) is 1.76. The molecule has 1 saturated heterocycles. The first kappa shape index (κ1) is 13.7. The second-order valence-corrected chi connectivity index (χ2v) is 8.43. The number of nitrogens with zero attached hydrogens (tertiary/aromatic N) is 2. The fourth-order valence-corrected chi connectivity index (χ4v) is 5.80. The number of carbonyl (C=O) groups excluding carboxylic acids is 2. The van der Waals surface area contributed by atoms with Crippen LogP contribution in [-0.2, 0) is 9.59 Å². The summed E-state index contributed by atoms with van der Waals surface area (Å²) in [6, 6.07) is 5.68. The Bertz CT molecular complexity index is 858. The number of amides is 2. The van der Waals surface area contributed by atoms with Crippen LogP contribution < -0.4 is 4.90 Å². The van der Waals surface area contributed by atoms with Crippen LogP contribution in [0.25, 0.3) is 10.2 Å². The number of rotatable bonds is 2. The van der Waals surface area contributed by atoms with E-state index >= 15 is 0 Å². The lowest BCUT2D eigenvalue weighted by Gasteiger charge is -2.17. The molecule has 2 fully saturated rings. The number of hydrogen-bond acceptors (Lipinski definition) is 5. The minimum absolute atomic E-state index is 0.0224. The topological polar surface area (TPSA) is 50.3 Å². The van der Waals surface area contributed by atoms with Gasteiger partial charge in [0.25, 0.3) is 0 Å². The van der Waals surface area contributed by atoms with E-state index < -0.39 is 0 Å². The Morgan fingerprint density at radius 1 is 1.17 bits per heavy atom. The molecule has 0 unspecified atom stereocenters. The van der Waals surface area contributed by atoms with Crippen LogP contribution in [0.5, 0.6) is 0 Å². The molecule has 2 bridgehead atoms. The quantitative estimate of drug-likeness (QED) is 0.477. The molecule has 2 aliphatic carbocycles. The van der Waals surface area contributed by atoms with Crippen LogP contribution in [0, 0.1) is 23.7 Å². The minimum atomic E-state index is -0.142. The lowest BCUT2D eigenvalue weighted by Crippen LogP contribution is -2.32. The molecule has 1 aromatic heterocycles. The van der Waals surface area contributed by atoms with Crippen LogP contribution in [0.1, 0.15) is 6.42 Å². The SMILES string of the molecule is CSc1nc2ccc(N3C(=O)[C@@H]4[C@@H](C3=O)[C@H]3C=C[C@@H]4C3)cc2s1. The van der Waals surface area contributed by atoms with Gasteiger partial charge in [0.2, 0.25) is 11.8 Å². The van der Waals surface area contributed by atoms with Crippen molar-refractivity contribution in [1.82, 2.24) is 4.98 Å². The van der Waals surface area contributed by atoms with E-state index in [4.69, 9.17) is 0 Å². The first-order valence-corrected chi connectivity index (χ1v) is 9.72. The molecule has 5 rings (SSSR count). The summed E-state index contributed by atoms with van der Waals surface area (Å²) in [6.07, 6.45) is 7.21. The highest BCUT2D eigenvalue weighted by Gasteiger charge is 2.59. The summed E-state index contributed by atoms with van der Waals surface area (Å²) in [5, 5.41) is 0. The second-order valence-electron chi connectivity index (χ2n) is 6.35. The third-order valence-corrected chi connectivity index (χ3v) is 7.26. The lowest BCUT2D eigenvalue weighted by atomic mass is 9.85. The highest BCUT2D eigenvalue weighted by atomic mass is 32.2. The van der Waals surface area contributed by atoms with Crippen molar-refractivity contribution < 1.29 is 9.59 Å². The van der Waals surface area contributed by atoms with Crippen molar-refractivity contribution in [2.24, 2.45) is 23.7 Å². The Balaban J connectivity index is 1.57. The fraction of sp³-hybridized carbons (Fsp3) is 0.353. The number of thioether (sulfide) groups is 1. The van der Waals surface area contributed by atoms with Gasteiger partial charge in [0.1, 0.15) is 0 Å². The average molecular weight is 342 g/mol. The van der Waals surface area contributed by atoms with E-state index in [0.717, 1.165) is 21.0 Å². The van der Waals surface area contributed by atoms with Crippen LogP contribution in [0.15, 0.2) is 34.7 Å². The van der Waals surface area contributed by atoms with E-state index in [1.54, 1.807) is 23.1 Å². The summed E-state index contributed by atoms with van der Waals surface area (Å²) >= 11 is 3.21. The van der Waals surface area contributed by atoms with Crippen molar-refractivity contribution >= 4 is 50.8 Å². The molecule has 1 aromatic carbocycles. The molecule has 116 valence electrons. The number of hydrogen-bond donors (Lipinski definition) is 0. The number of imide groups is 1. The molecule has 3 aliphatic rings. The van der Waals surface area contributed by atoms with Gasteiger partial charge in [-0.1, -0.05) is 23.9 Å². The van der Waals surface area contributed by atoms with Gasteiger partial charge in [0.05, 0.1) is 27.7 Å². The molecule has 2 aromatic rings. The van der Waals surface area contributed by atoms with Crippen LogP contribution in [0.4, 0.5) is 5.69 Å². The molecule has 4 nitrogen and oxygen atoms in total. The van der Waals surface area contributed by atoms with Gasteiger partial charge in [-0.2, -0.15) is 0 Å². The Morgan fingerprint density at radius 3 is 2.52 bits per heavy atom. The van der Waals surface area contributed by atoms with Crippen molar-refractivity contribution in [2.45, 2.75) is 10.8 Å². The normalized spacial score (nSPS) is 31.6. The Labute approximate surface area is 141 Å². The molecular formula is C17H14N2O2S2. The van der Waals surface area contributed by atoms with Crippen molar-refractivity contribution in [3.63, 3.8) is 0 Å². The zero-order valence-electron chi connectivity index (χ0n) is 12.4. The summed E-state index contributed by atoms with van der Waals surface area (Å²) in [5.41, 5.74) is 1.61. The van der Waals surface area contributed by atoms with Gasteiger partial charge in [-0.15, -0.1) is 11.3 Å². The Kier molecular flexibility index (Phi) is 2.79. The van der Waals surface area contributed by atoms with E-state index in [1.165, 1.54) is 4.90 Å². The Hall–Kier alpha value is -1.66. The van der Waals surface area contributed by atoms with Crippen LogP contribution in [-0.4, -0.2) is 23.1 Å². The number of fused-ring (bicyclic) bond motifs is 6. The summed E-state index contributed by atoms with van der Waals surface area (Å²) in [5.74, 6) is 0.174. The second kappa shape index (κ2) is 4.68. The van der Waals surface area contributed by atoms with Crippen molar-refractivity contribution in [3.05, 3.63) is 30.4 Å².